The van der Waals surface area contributed by atoms with E-state index >= 15 is 0 Å². The van der Waals surface area contributed by atoms with Crippen molar-refractivity contribution in [2.75, 3.05) is 5.32 Å². The average molecular weight is 366 g/mol. The van der Waals surface area contributed by atoms with Gasteiger partial charge < -0.3 is 10.6 Å². The summed E-state index contributed by atoms with van der Waals surface area (Å²) in [7, 11) is 0. The summed E-state index contributed by atoms with van der Waals surface area (Å²) in [5.41, 5.74) is 1.03. The molecule has 0 aromatic heterocycles. The van der Waals surface area contributed by atoms with Gasteiger partial charge in [-0.15, -0.1) is 0 Å². The van der Waals surface area contributed by atoms with Gasteiger partial charge in [0.05, 0.1) is 0 Å². The molecule has 8 heteroatoms. The quantitative estimate of drug-likeness (QED) is 0.627. The molecule has 2 N–H and O–H groups in total. The standard InChI is InChI=1S/C18H14F4N2O2/c19-14-6-3-4-12(10-14)8-9-16(25)24-15-7-2-1-5-13(15)11-23-17(26)18(20,21)22/h1-10H,11H2,(H,23,26)(H,24,25)/b9-8+. The first-order valence-corrected chi connectivity index (χ1v) is 7.43. The van der Waals surface area contributed by atoms with E-state index in [1.807, 2.05) is 0 Å². The van der Waals surface area contributed by atoms with E-state index in [0.717, 1.165) is 0 Å². The van der Waals surface area contributed by atoms with E-state index in [9.17, 15) is 27.2 Å². The Hall–Kier alpha value is -3.16. The minimum Gasteiger partial charge on any atom is -0.344 e. The lowest BCUT2D eigenvalue weighted by Crippen LogP contribution is -2.36. The van der Waals surface area contributed by atoms with Crippen LogP contribution in [0.3, 0.4) is 0 Å². The minimum atomic E-state index is -4.98. The van der Waals surface area contributed by atoms with Crippen LogP contribution < -0.4 is 10.6 Å². The summed E-state index contributed by atoms with van der Waals surface area (Å²) in [6.07, 6.45) is -2.42. The number of benzene rings is 2. The second-order valence-electron chi connectivity index (χ2n) is 5.22. The first kappa shape index (κ1) is 19.2. The molecule has 0 aliphatic carbocycles. The van der Waals surface area contributed by atoms with Crippen LogP contribution in [0.25, 0.3) is 6.08 Å². The van der Waals surface area contributed by atoms with Crippen molar-refractivity contribution in [3.63, 3.8) is 0 Å². The van der Waals surface area contributed by atoms with Crippen molar-refractivity contribution in [2.24, 2.45) is 0 Å². The van der Waals surface area contributed by atoms with E-state index in [1.165, 1.54) is 42.5 Å². The molecule has 2 amide bonds. The number of carbonyl (C=O) groups is 2. The number of halogens is 4. The van der Waals surface area contributed by atoms with Crippen molar-refractivity contribution in [3.05, 3.63) is 71.6 Å². The first-order valence-electron chi connectivity index (χ1n) is 7.43. The molecule has 0 saturated heterocycles. The number of anilines is 1. The SMILES string of the molecule is O=C(/C=C/c1cccc(F)c1)Nc1ccccc1CNC(=O)C(F)(F)F. The van der Waals surface area contributed by atoms with E-state index < -0.39 is 30.4 Å². The van der Waals surface area contributed by atoms with E-state index in [1.54, 1.807) is 23.5 Å². The van der Waals surface area contributed by atoms with Gasteiger partial charge in [0.15, 0.2) is 0 Å². The van der Waals surface area contributed by atoms with Crippen LogP contribution in [0, 0.1) is 5.82 Å². The van der Waals surface area contributed by atoms with Crippen LogP contribution in [0.2, 0.25) is 0 Å². The van der Waals surface area contributed by atoms with Gasteiger partial charge in [0.25, 0.3) is 0 Å². The molecule has 0 unspecified atom stereocenters. The molecule has 4 nitrogen and oxygen atoms in total. The second kappa shape index (κ2) is 8.28. The Labute approximate surface area is 146 Å². The molecule has 0 atom stereocenters. The summed E-state index contributed by atoms with van der Waals surface area (Å²) in [4.78, 5) is 22.9. The highest BCUT2D eigenvalue weighted by Gasteiger charge is 2.38. The van der Waals surface area contributed by atoms with Crippen LogP contribution >= 0.6 is 0 Å². The maximum atomic E-state index is 13.1. The van der Waals surface area contributed by atoms with Crippen LogP contribution in [0.4, 0.5) is 23.2 Å². The molecule has 0 bridgehead atoms. The fraction of sp³-hybridized carbons (Fsp3) is 0.111. The topological polar surface area (TPSA) is 58.2 Å². The summed E-state index contributed by atoms with van der Waals surface area (Å²) in [6, 6.07) is 11.7. The van der Waals surface area contributed by atoms with E-state index in [-0.39, 0.29) is 5.69 Å². The maximum Gasteiger partial charge on any atom is 0.471 e. The number of nitrogens with one attached hydrogen (secondary N) is 2. The highest BCUT2D eigenvalue weighted by molar-refractivity contribution is 6.02. The smallest absolute Gasteiger partial charge is 0.344 e. The Balaban J connectivity index is 2.03. The third kappa shape index (κ3) is 5.73. The molecule has 0 radical (unpaired) electrons. The molecule has 2 aromatic carbocycles. The van der Waals surface area contributed by atoms with Gasteiger partial charge in [-0.3, -0.25) is 9.59 Å². The van der Waals surface area contributed by atoms with Crippen molar-refractivity contribution in [1.82, 2.24) is 5.32 Å². The summed E-state index contributed by atoms with van der Waals surface area (Å²) >= 11 is 0. The van der Waals surface area contributed by atoms with Gasteiger partial charge in [0, 0.05) is 18.3 Å². The zero-order valence-corrected chi connectivity index (χ0v) is 13.3. The second-order valence-corrected chi connectivity index (χ2v) is 5.22. The first-order chi connectivity index (χ1) is 12.3. The van der Waals surface area contributed by atoms with Gasteiger partial charge in [-0.2, -0.15) is 13.2 Å². The Morgan fingerprint density at radius 3 is 2.46 bits per heavy atom. The highest BCUT2D eigenvalue weighted by Crippen LogP contribution is 2.18. The number of amides is 2. The van der Waals surface area contributed by atoms with Crippen LogP contribution in [0.15, 0.2) is 54.6 Å². The van der Waals surface area contributed by atoms with E-state index in [0.29, 0.717) is 11.1 Å². The molecular formula is C18H14F4N2O2. The zero-order chi connectivity index (χ0) is 19.2. The molecule has 2 rings (SSSR count). The Morgan fingerprint density at radius 1 is 1.04 bits per heavy atom. The lowest BCUT2D eigenvalue weighted by atomic mass is 10.1. The predicted molar refractivity (Wildman–Crippen MR) is 88.4 cm³/mol. The summed E-state index contributed by atoms with van der Waals surface area (Å²) in [5.74, 6) is -3.06. The third-order valence-electron chi connectivity index (χ3n) is 3.25. The van der Waals surface area contributed by atoms with E-state index in [2.05, 4.69) is 5.32 Å². The van der Waals surface area contributed by atoms with Crippen LogP contribution in [0.5, 0.6) is 0 Å². The molecule has 0 spiro atoms. The number of alkyl halides is 3. The monoisotopic (exact) mass is 366 g/mol. The molecule has 0 heterocycles. The molecule has 26 heavy (non-hydrogen) atoms. The maximum absolute atomic E-state index is 13.1. The van der Waals surface area contributed by atoms with Gasteiger partial charge in [-0.05, 0) is 35.4 Å². The molecule has 0 aliphatic rings. The van der Waals surface area contributed by atoms with Crippen LogP contribution in [-0.4, -0.2) is 18.0 Å². The molecular weight excluding hydrogens is 352 g/mol. The summed E-state index contributed by atoms with van der Waals surface area (Å²) in [5, 5.41) is 4.25. The van der Waals surface area contributed by atoms with Crippen molar-refractivity contribution in [1.29, 1.82) is 0 Å². The lowest BCUT2D eigenvalue weighted by Gasteiger charge is -2.12. The largest absolute Gasteiger partial charge is 0.471 e. The van der Waals surface area contributed by atoms with Gasteiger partial charge in [0.1, 0.15) is 5.82 Å². The Bertz CT molecular complexity index is 832. The van der Waals surface area contributed by atoms with E-state index in [4.69, 9.17) is 0 Å². The lowest BCUT2D eigenvalue weighted by molar-refractivity contribution is -0.173. The number of hydrogen-bond donors (Lipinski definition) is 2. The van der Waals surface area contributed by atoms with Gasteiger partial charge in [-0.25, -0.2) is 4.39 Å². The van der Waals surface area contributed by atoms with Gasteiger partial charge in [0.2, 0.25) is 5.91 Å². The van der Waals surface area contributed by atoms with Crippen molar-refractivity contribution >= 4 is 23.6 Å². The highest BCUT2D eigenvalue weighted by atomic mass is 19.4. The minimum absolute atomic E-state index is 0.254. The van der Waals surface area contributed by atoms with Crippen LogP contribution in [-0.2, 0) is 16.1 Å². The van der Waals surface area contributed by atoms with Gasteiger partial charge >= 0.3 is 12.1 Å². The van der Waals surface area contributed by atoms with Crippen molar-refractivity contribution < 1.29 is 27.2 Å². The third-order valence-corrected chi connectivity index (χ3v) is 3.25. The summed E-state index contributed by atoms with van der Waals surface area (Å²) < 4.78 is 49.8. The molecule has 0 aliphatic heterocycles. The van der Waals surface area contributed by atoms with Crippen molar-refractivity contribution in [3.8, 4) is 0 Å². The summed E-state index contributed by atoms with van der Waals surface area (Å²) in [6.45, 7) is -0.400. The Kier molecular flexibility index (Phi) is 6.11. The van der Waals surface area contributed by atoms with Crippen LogP contribution in [0.1, 0.15) is 11.1 Å². The number of carbonyl (C=O) groups excluding carboxylic acids is 2. The number of rotatable bonds is 5. The predicted octanol–water partition coefficient (Wildman–Crippen LogP) is 3.66. The number of para-hydroxylation sites is 1. The Morgan fingerprint density at radius 2 is 1.77 bits per heavy atom. The molecule has 0 saturated carbocycles. The average Bonchev–Trinajstić information content (AvgIpc) is 2.58. The molecule has 2 aromatic rings. The molecule has 136 valence electrons. The van der Waals surface area contributed by atoms with Crippen molar-refractivity contribution in [2.45, 2.75) is 12.7 Å². The van der Waals surface area contributed by atoms with Gasteiger partial charge in [-0.1, -0.05) is 30.3 Å². The fourth-order valence-electron chi connectivity index (χ4n) is 2.03. The fourth-order valence-corrected chi connectivity index (χ4v) is 2.03. The normalized spacial score (nSPS) is 11.4. The number of hydrogen-bond acceptors (Lipinski definition) is 2. The zero-order valence-electron chi connectivity index (χ0n) is 13.3. The molecule has 0 fully saturated rings.